The van der Waals surface area contributed by atoms with Crippen LogP contribution in [0.3, 0.4) is 0 Å². The maximum absolute atomic E-state index is 12.6. The fourth-order valence-corrected chi connectivity index (χ4v) is 4.13. The number of nitro benzene ring substituents is 1. The second-order valence-electron chi connectivity index (χ2n) is 6.63. The summed E-state index contributed by atoms with van der Waals surface area (Å²) in [5.41, 5.74) is 4.87. The highest BCUT2D eigenvalue weighted by Gasteiger charge is 2.24. The number of aliphatic imine (C=N–C) groups is 1. The number of rotatable bonds is 5. The van der Waals surface area contributed by atoms with E-state index in [1.807, 2.05) is 36.4 Å². The zero-order chi connectivity index (χ0) is 22.0. The van der Waals surface area contributed by atoms with E-state index in [1.54, 1.807) is 12.1 Å². The molecule has 158 valence electrons. The minimum Gasteiger partial charge on any atom is -0.325 e. The highest BCUT2D eigenvalue weighted by atomic mass is 35.5. The quantitative estimate of drug-likeness (QED) is 0.397. The average Bonchev–Trinajstić information content (AvgIpc) is 2.78. The molecule has 9 nitrogen and oxygen atoms in total. The molecule has 0 bridgehead atoms. The number of halogens is 1. The van der Waals surface area contributed by atoms with Crippen molar-refractivity contribution >= 4 is 39.0 Å². The van der Waals surface area contributed by atoms with Gasteiger partial charge in [0.1, 0.15) is 6.04 Å². The molecule has 0 amide bonds. The Morgan fingerprint density at radius 1 is 1.03 bits per heavy atom. The van der Waals surface area contributed by atoms with Gasteiger partial charge in [-0.05, 0) is 35.9 Å². The number of hydrogen-bond acceptors (Lipinski definition) is 7. The summed E-state index contributed by atoms with van der Waals surface area (Å²) in [5, 5.41) is 14.4. The number of hydrazine groups is 1. The highest BCUT2D eigenvalue weighted by Crippen LogP contribution is 2.36. The largest absolute Gasteiger partial charge is 0.325 e. The van der Waals surface area contributed by atoms with Gasteiger partial charge in [0.05, 0.1) is 9.82 Å². The molecule has 1 heterocycles. The van der Waals surface area contributed by atoms with Crippen molar-refractivity contribution in [2.75, 3.05) is 5.32 Å². The van der Waals surface area contributed by atoms with Gasteiger partial charge in [0.15, 0.2) is 0 Å². The SMILES string of the molecule is O=[N+]([O-])c1ccc(S(=O)(=O)NNC2=N[C@H](c3ccccc3)c3cc(Cl)ccc3N2)cc1. The van der Waals surface area contributed by atoms with Crippen molar-refractivity contribution in [3.05, 3.63) is 99.1 Å². The average molecular weight is 458 g/mol. The number of sulfonamides is 1. The van der Waals surface area contributed by atoms with Crippen LogP contribution >= 0.6 is 11.6 Å². The lowest BCUT2D eigenvalue weighted by Crippen LogP contribution is -2.46. The summed E-state index contributed by atoms with van der Waals surface area (Å²) in [6, 6.07) is 19.0. The molecule has 0 saturated heterocycles. The Morgan fingerprint density at radius 2 is 1.74 bits per heavy atom. The number of benzene rings is 3. The first kappa shape index (κ1) is 20.8. The first-order chi connectivity index (χ1) is 14.8. The fraction of sp³-hybridized carbons (Fsp3) is 0.0500. The normalized spacial score (nSPS) is 15.4. The Hall–Kier alpha value is -3.47. The van der Waals surface area contributed by atoms with Crippen LogP contribution in [-0.4, -0.2) is 19.3 Å². The topological polar surface area (TPSA) is 126 Å². The van der Waals surface area contributed by atoms with Gasteiger partial charge in [-0.1, -0.05) is 41.9 Å². The second-order valence-corrected chi connectivity index (χ2v) is 8.75. The summed E-state index contributed by atoms with van der Waals surface area (Å²) in [6.07, 6.45) is 0. The van der Waals surface area contributed by atoms with E-state index in [9.17, 15) is 18.5 Å². The molecule has 31 heavy (non-hydrogen) atoms. The molecule has 0 unspecified atom stereocenters. The number of fused-ring (bicyclic) bond motifs is 1. The Balaban J connectivity index is 1.59. The first-order valence-corrected chi connectivity index (χ1v) is 10.9. The zero-order valence-corrected chi connectivity index (χ0v) is 17.4. The Labute approximate surface area is 183 Å². The Bertz CT molecular complexity index is 1260. The van der Waals surface area contributed by atoms with E-state index in [0.717, 1.165) is 41.1 Å². The second kappa shape index (κ2) is 8.34. The lowest BCUT2D eigenvalue weighted by molar-refractivity contribution is -0.384. The molecule has 3 aromatic carbocycles. The van der Waals surface area contributed by atoms with Crippen molar-refractivity contribution in [2.24, 2.45) is 4.99 Å². The summed E-state index contributed by atoms with van der Waals surface area (Å²) in [7, 11) is -3.99. The summed E-state index contributed by atoms with van der Waals surface area (Å²) in [4.78, 5) is 16.9. The maximum atomic E-state index is 12.6. The van der Waals surface area contributed by atoms with Crippen molar-refractivity contribution in [3.8, 4) is 0 Å². The van der Waals surface area contributed by atoms with Gasteiger partial charge in [0.2, 0.25) is 5.96 Å². The highest BCUT2D eigenvalue weighted by molar-refractivity contribution is 7.89. The first-order valence-electron chi connectivity index (χ1n) is 9.05. The minimum absolute atomic E-state index is 0.131. The van der Waals surface area contributed by atoms with Gasteiger partial charge < -0.3 is 5.32 Å². The van der Waals surface area contributed by atoms with E-state index in [1.165, 1.54) is 0 Å². The molecule has 0 saturated carbocycles. The molecule has 0 radical (unpaired) electrons. The molecule has 0 spiro atoms. The summed E-state index contributed by atoms with van der Waals surface area (Å²) >= 11 is 6.16. The van der Waals surface area contributed by atoms with Gasteiger partial charge in [0.25, 0.3) is 15.7 Å². The van der Waals surface area contributed by atoms with Crippen LogP contribution in [-0.2, 0) is 10.0 Å². The van der Waals surface area contributed by atoms with Gasteiger partial charge >= 0.3 is 0 Å². The molecule has 4 rings (SSSR count). The van der Waals surface area contributed by atoms with E-state index in [0.29, 0.717) is 5.02 Å². The molecule has 1 atom stereocenters. The smallest absolute Gasteiger partial charge is 0.269 e. The number of anilines is 1. The van der Waals surface area contributed by atoms with Crippen molar-refractivity contribution < 1.29 is 13.3 Å². The number of nitrogens with zero attached hydrogens (tertiary/aromatic N) is 2. The van der Waals surface area contributed by atoms with Gasteiger partial charge in [-0.2, -0.15) is 0 Å². The van der Waals surface area contributed by atoms with Gasteiger partial charge in [0, 0.05) is 28.4 Å². The van der Waals surface area contributed by atoms with Gasteiger partial charge in [-0.25, -0.2) is 13.4 Å². The van der Waals surface area contributed by atoms with E-state index < -0.39 is 21.0 Å². The third-order valence-corrected chi connectivity index (χ3v) is 6.10. The monoisotopic (exact) mass is 457 g/mol. The molecular weight excluding hydrogens is 442 g/mol. The molecular formula is C20H16ClN5O4S. The number of nitrogens with one attached hydrogen (secondary N) is 3. The van der Waals surface area contributed by atoms with Crippen molar-refractivity contribution in [1.29, 1.82) is 0 Å². The molecule has 0 fully saturated rings. The van der Waals surface area contributed by atoms with Crippen LogP contribution in [0, 0.1) is 10.1 Å². The lowest BCUT2D eigenvalue weighted by Gasteiger charge is -2.26. The summed E-state index contributed by atoms with van der Waals surface area (Å²) in [5.74, 6) is 0.189. The predicted octanol–water partition coefficient (Wildman–Crippen LogP) is 3.60. The number of guanidine groups is 1. The Morgan fingerprint density at radius 3 is 2.42 bits per heavy atom. The summed E-state index contributed by atoms with van der Waals surface area (Å²) < 4.78 is 25.1. The number of hydrogen-bond donors (Lipinski definition) is 3. The molecule has 0 aromatic heterocycles. The van der Waals surface area contributed by atoms with Crippen LogP contribution in [0.2, 0.25) is 5.02 Å². The molecule has 11 heteroatoms. The molecule has 1 aliphatic rings. The van der Waals surface area contributed by atoms with Crippen molar-refractivity contribution in [2.45, 2.75) is 10.9 Å². The molecule has 1 aliphatic heterocycles. The summed E-state index contributed by atoms with van der Waals surface area (Å²) in [6.45, 7) is 0. The number of non-ortho nitro benzene ring substituents is 1. The van der Waals surface area contributed by atoms with Crippen LogP contribution < -0.4 is 15.6 Å². The molecule has 3 N–H and O–H groups in total. The van der Waals surface area contributed by atoms with Crippen molar-refractivity contribution in [3.63, 3.8) is 0 Å². The van der Waals surface area contributed by atoms with Gasteiger partial charge in [-0.15, -0.1) is 4.83 Å². The Kier molecular flexibility index (Phi) is 5.59. The lowest BCUT2D eigenvalue weighted by atomic mass is 9.96. The van der Waals surface area contributed by atoms with Crippen LogP contribution in [0.15, 0.2) is 82.7 Å². The third kappa shape index (κ3) is 4.50. The van der Waals surface area contributed by atoms with Gasteiger partial charge in [-0.3, -0.25) is 15.5 Å². The van der Waals surface area contributed by atoms with E-state index in [-0.39, 0.29) is 16.5 Å². The van der Waals surface area contributed by atoms with E-state index >= 15 is 0 Å². The molecule has 0 aliphatic carbocycles. The maximum Gasteiger partial charge on any atom is 0.269 e. The van der Waals surface area contributed by atoms with Crippen LogP contribution in [0.1, 0.15) is 17.2 Å². The molecule has 3 aromatic rings. The predicted molar refractivity (Wildman–Crippen MR) is 117 cm³/mol. The zero-order valence-electron chi connectivity index (χ0n) is 15.8. The van der Waals surface area contributed by atoms with Crippen LogP contribution in [0.5, 0.6) is 0 Å². The van der Waals surface area contributed by atoms with E-state index in [2.05, 4.69) is 20.6 Å². The van der Waals surface area contributed by atoms with Crippen LogP contribution in [0.4, 0.5) is 11.4 Å². The standard InChI is InChI=1S/C20H16ClN5O4S/c21-14-6-11-18-17(12-14)19(13-4-2-1-3-5-13)23-20(22-18)24-25-31(29,30)16-9-7-15(8-10-16)26(27)28/h1-12,19,25H,(H2,22,23,24)/t19-/m1/s1. The minimum atomic E-state index is -3.99. The fourth-order valence-electron chi connectivity index (χ4n) is 3.11. The third-order valence-electron chi connectivity index (χ3n) is 4.60. The number of nitro groups is 1. The van der Waals surface area contributed by atoms with E-state index in [4.69, 9.17) is 11.6 Å². The van der Waals surface area contributed by atoms with Crippen LogP contribution in [0.25, 0.3) is 0 Å². The van der Waals surface area contributed by atoms with Crippen molar-refractivity contribution in [1.82, 2.24) is 10.3 Å².